The van der Waals surface area contributed by atoms with Crippen LogP contribution < -0.4 is 21.3 Å². The van der Waals surface area contributed by atoms with Gasteiger partial charge < -0.3 is 35.5 Å². The summed E-state index contributed by atoms with van der Waals surface area (Å²) in [5.41, 5.74) is 1.29. The van der Waals surface area contributed by atoms with Gasteiger partial charge in [-0.25, -0.2) is 13.6 Å². The van der Waals surface area contributed by atoms with Crippen molar-refractivity contribution in [2.45, 2.75) is 62.5 Å². The monoisotopic (exact) mass is 662 g/mol. The summed E-state index contributed by atoms with van der Waals surface area (Å²) >= 11 is 5.84. The van der Waals surface area contributed by atoms with Crippen molar-refractivity contribution >= 4 is 29.3 Å². The number of anilines is 1. The van der Waals surface area contributed by atoms with E-state index in [2.05, 4.69) is 16.0 Å². The van der Waals surface area contributed by atoms with E-state index < -0.39 is 42.5 Å². The molecule has 9 nitrogen and oxygen atoms in total. The van der Waals surface area contributed by atoms with Crippen molar-refractivity contribution in [3.63, 3.8) is 0 Å². The molecule has 0 bridgehead atoms. The van der Waals surface area contributed by atoms with Crippen LogP contribution in [0, 0.1) is 11.6 Å². The zero-order valence-corrected chi connectivity index (χ0v) is 25.1. The van der Waals surface area contributed by atoms with Crippen LogP contribution in [-0.4, -0.2) is 81.9 Å². The average Bonchev–Trinajstić information content (AvgIpc) is 3.01. The Morgan fingerprint density at radius 3 is 2.58 bits per heavy atom. The van der Waals surface area contributed by atoms with Crippen molar-refractivity contribution in [2.75, 3.05) is 44.8 Å². The Hall–Kier alpha value is -3.20. The van der Waals surface area contributed by atoms with Crippen LogP contribution in [0.5, 0.6) is 0 Å². The number of benzene rings is 2. The molecule has 2 heterocycles. The third-order valence-corrected chi connectivity index (χ3v) is 7.80. The lowest BCUT2D eigenvalue weighted by molar-refractivity contribution is -0.124. The highest BCUT2D eigenvalue weighted by Gasteiger charge is 2.29. The maximum atomic E-state index is 15.1. The van der Waals surface area contributed by atoms with Gasteiger partial charge in [-0.15, -0.1) is 0 Å². The summed E-state index contributed by atoms with van der Waals surface area (Å²) in [6, 6.07) is 7.50. The van der Waals surface area contributed by atoms with E-state index in [1.165, 1.54) is 24.3 Å². The van der Waals surface area contributed by atoms with Crippen LogP contribution in [0.25, 0.3) is 0 Å². The minimum atomic E-state index is -4.54. The van der Waals surface area contributed by atoms with E-state index in [1.807, 2.05) is 0 Å². The minimum Gasteiger partial charge on any atom is -0.448 e. The molecule has 0 aliphatic carbocycles. The van der Waals surface area contributed by atoms with E-state index in [9.17, 15) is 27.2 Å². The number of carbonyl (C=O) groups excluding carboxylic acids is 2. The number of alkyl carbamates (subject to hydrolysis) is 1. The van der Waals surface area contributed by atoms with E-state index in [-0.39, 0.29) is 49.1 Å². The molecule has 0 spiro atoms. The number of rotatable bonds is 12. The number of morpholine rings is 1. The van der Waals surface area contributed by atoms with Gasteiger partial charge in [0.2, 0.25) is 5.91 Å². The van der Waals surface area contributed by atoms with Crippen LogP contribution in [0.2, 0.25) is 5.02 Å². The summed E-state index contributed by atoms with van der Waals surface area (Å²) in [7, 11) is 0. The Bertz CT molecular complexity index is 1290. The van der Waals surface area contributed by atoms with Gasteiger partial charge in [-0.1, -0.05) is 23.7 Å². The maximum absolute atomic E-state index is 15.1. The first-order chi connectivity index (χ1) is 21.5. The molecule has 2 aromatic carbocycles. The molecule has 2 aromatic rings. The second-order valence-corrected chi connectivity index (χ2v) is 11.4. The van der Waals surface area contributed by atoms with Crippen molar-refractivity contribution in [2.24, 2.45) is 0 Å². The topological polar surface area (TPSA) is 110 Å². The second kappa shape index (κ2) is 16.4. The van der Waals surface area contributed by atoms with Crippen molar-refractivity contribution < 1.29 is 45.8 Å². The number of hydrogen-bond donors (Lipinski definition) is 4. The normalized spacial score (nSPS) is 19.9. The van der Waals surface area contributed by atoms with Crippen LogP contribution >= 0.6 is 11.6 Å². The summed E-state index contributed by atoms with van der Waals surface area (Å²) in [4.78, 5) is 24.9. The third-order valence-electron chi connectivity index (χ3n) is 7.49. The molecule has 0 unspecified atom stereocenters. The highest BCUT2D eigenvalue weighted by molar-refractivity contribution is 6.30. The lowest BCUT2D eigenvalue weighted by Gasteiger charge is -2.30. The van der Waals surface area contributed by atoms with E-state index in [0.29, 0.717) is 55.8 Å². The Balaban J connectivity index is 1.35. The predicted octanol–water partition coefficient (Wildman–Crippen LogP) is 4.51. The second-order valence-electron chi connectivity index (χ2n) is 11.0. The zero-order chi connectivity index (χ0) is 32.4. The number of carbonyl (C=O) groups is 2. The van der Waals surface area contributed by atoms with E-state index >= 15 is 4.39 Å². The molecule has 2 amide bonds. The molecule has 0 radical (unpaired) electrons. The van der Waals surface area contributed by atoms with Gasteiger partial charge in [0.25, 0.3) is 0 Å². The molecule has 0 aromatic heterocycles. The fourth-order valence-corrected chi connectivity index (χ4v) is 5.17. The van der Waals surface area contributed by atoms with Gasteiger partial charge in [-0.3, -0.25) is 4.79 Å². The third kappa shape index (κ3) is 11.3. The standard InChI is InChI=1S/C30H36ClF5N4O5/c31-23-7-4-18(12-25(23)33)13-27(28(41)39-19-8-10-43-11-9-19)40-26-3-1-2-24(32)22(26)6-5-21-14-37-20(15-44-21)16-45-29(42)38-17-30(34,35)36/h1-4,7,12,19-21,27,37,40H,5-6,8-11,13-17H2,(H,38,42)(H,39,41)/t20-,21+,27-/m0/s1. The van der Waals surface area contributed by atoms with Crippen LogP contribution in [-0.2, 0) is 31.8 Å². The predicted molar refractivity (Wildman–Crippen MR) is 156 cm³/mol. The number of alkyl halides is 3. The Kier molecular flexibility index (Phi) is 12.6. The van der Waals surface area contributed by atoms with Gasteiger partial charge >= 0.3 is 12.3 Å². The van der Waals surface area contributed by atoms with Gasteiger partial charge in [0.1, 0.15) is 30.8 Å². The lowest BCUT2D eigenvalue weighted by atomic mass is 10.00. The molecule has 3 atom stereocenters. The van der Waals surface area contributed by atoms with Crippen LogP contribution in [0.15, 0.2) is 36.4 Å². The molecular formula is C30H36ClF5N4O5. The quantitative estimate of drug-likeness (QED) is 0.248. The molecule has 0 saturated carbocycles. The molecule has 2 aliphatic heterocycles. The molecule has 4 rings (SSSR count). The SMILES string of the molecule is O=C(NCC(F)(F)F)OC[C@@H]1CO[C@H](CCc2c(F)cccc2N[C@@H](Cc2ccc(Cl)c(F)c2)C(=O)NC2CCOCC2)CN1. The van der Waals surface area contributed by atoms with Gasteiger partial charge in [-0.05, 0) is 55.5 Å². The molecule has 2 fully saturated rings. The summed E-state index contributed by atoms with van der Waals surface area (Å²) < 4.78 is 82.0. The molecule has 45 heavy (non-hydrogen) atoms. The average molecular weight is 663 g/mol. The zero-order valence-electron chi connectivity index (χ0n) is 24.4. The summed E-state index contributed by atoms with van der Waals surface area (Å²) in [5, 5.41) is 10.9. The van der Waals surface area contributed by atoms with Gasteiger partial charge in [0, 0.05) is 43.5 Å². The number of amides is 2. The molecular weight excluding hydrogens is 627 g/mol. The Labute approximate surface area is 262 Å². The number of hydrogen-bond acceptors (Lipinski definition) is 7. The van der Waals surface area contributed by atoms with E-state index in [0.717, 1.165) is 0 Å². The number of halogens is 6. The van der Waals surface area contributed by atoms with Crippen molar-refractivity contribution in [3.05, 3.63) is 64.2 Å². The van der Waals surface area contributed by atoms with E-state index in [4.69, 9.17) is 25.8 Å². The Morgan fingerprint density at radius 1 is 1.11 bits per heavy atom. The van der Waals surface area contributed by atoms with Crippen LogP contribution in [0.1, 0.15) is 30.4 Å². The summed E-state index contributed by atoms with van der Waals surface area (Å²) in [6.45, 7) is -0.145. The first kappa shape index (κ1) is 34.7. The fraction of sp³-hybridized carbons (Fsp3) is 0.533. The van der Waals surface area contributed by atoms with E-state index in [1.54, 1.807) is 17.4 Å². The number of ether oxygens (including phenoxy) is 3. The van der Waals surface area contributed by atoms with Gasteiger partial charge in [0.15, 0.2) is 0 Å². The summed E-state index contributed by atoms with van der Waals surface area (Å²) in [5.74, 6) is -1.39. The first-order valence-electron chi connectivity index (χ1n) is 14.6. The van der Waals surface area contributed by atoms with Crippen LogP contribution in [0.4, 0.5) is 32.4 Å². The molecule has 2 saturated heterocycles. The Morgan fingerprint density at radius 2 is 1.89 bits per heavy atom. The smallest absolute Gasteiger partial charge is 0.407 e. The minimum absolute atomic E-state index is 0.0352. The van der Waals surface area contributed by atoms with Gasteiger partial charge in [-0.2, -0.15) is 13.2 Å². The maximum Gasteiger partial charge on any atom is 0.407 e. The lowest BCUT2D eigenvalue weighted by Crippen LogP contribution is -2.49. The fourth-order valence-electron chi connectivity index (χ4n) is 5.06. The van der Waals surface area contributed by atoms with Crippen molar-refractivity contribution in [1.82, 2.24) is 16.0 Å². The first-order valence-corrected chi connectivity index (χ1v) is 15.0. The summed E-state index contributed by atoms with van der Waals surface area (Å²) in [6.07, 6.45) is -3.95. The molecule has 4 N–H and O–H groups in total. The molecule has 15 heteroatoms. The van der Waals surface area contributed by atoms with Gasteiger partial charge in [0.05, 0.1) is 23.8 Å². The number of nitrogens with one attached hydrogen (secondary N) is 4. The highest BCUT2D eigenvalue weighted by Crippen LogP contribution is 2.25. The van der Waals surface area contributed by atoms with Crippen molar-refractivity contribution in [1.29, 1.82) is 0 Å². The van der Waals surface area contributed by atoms with Crippen molar-refractivity contribution in [3.8, 4) is 0 Å². The molecule has 2 aliphatic rings. The van der Waals surface area contributed by atoms with Crippen LogP contribution in [0.3, 0.4) is 0 Å². The highest BCUT2D eigenvalue weighted by atomic mass is 35.5. The largest absolute Gasteiger partial charge is 0.448 e. The molecule has 248 valence electrons.